The Labute approximate surface area is 118 Å². The van der Waals surface area contributed by atoms with Crippen molar-refractivity contribution >= 4 is 11.6 Å². The van der Waals surface area contributed by atoms with E-state index < -0.39 is 0 Å². The molecule has 2 aromatic carbocycles. The minimum absolute atomic E-state index is 0.158. The predicted molar refractivity (Wildman–Crippen MR) is 81.1 cm³/mol. The third-order valence-corrected chi connectivity index (χ3v) is 2.61. The van der Waals surface area contributed by atoms with Crippen LogP contribution in [0.25, 0.3) is 0 Å². The van der Waals surface area contributed by atoms with Crippen molar-refractivity contribution in [2.24, 2.45) is 0 Å². The molecule has 2 rings (SSSR count). The summed E-state index contributed by atoms with van der Waals surface area (Å²) in [7, 11) is 0. The van der Waals surface area contributed by atoms with Crippen molar-refractivity contribution in [3.05, 3.63) is 65.2 Å². The van der Waals surface area contributed by atoms with Gasteiger partial charge in [0.25, 0.3) is 0 Å². The van der Waals surface area contributed by atoms with Gasteiger partial charge in [-0.3, -0.25) is 4.79 Å². The predicted octanol–water partition coefficient (Wildman–Crippen LogP) is 3.03. The summed E-state index contributed by atoms with van der Waals surface area (Å²) >= 11 is 0. The second-order valence-electron chi connectivity index (χ2n) is 4.20. The molecule has 0 atom stereocenters. The molecule has 96 valence electrons. The zero-order chi connectivity index (χ0) is 14.4. The zero-order valence-electron chi connectivity index (χ0n) is 11.1. The largest absolute Gasteiger partial charge is 0.325 e. The van der Waals surface area contributed by atoms with Gasteiger partial charge in [-0.05, 0) is 30.3 Å². The lowest BCUT2D eigenvalue weighted by atomic mass is 10.1. The smallest absolute Gasteiger partial charge is 0.221 e. The summed E-state index contributed by atoms with van der Waals surface area (Å²) in [5.74, 6) is 8.50. The van der Waals surface area contributed by atoms with Gasteiger partial charge in [-0.25, -0.2) is 0 Å². The van der Waals surface area contributed by atoms with Gasteiger partial charge in [0, 0.05) is 23.6 Å². The van der Waals surface area contributed by atoms with Crippen molar-refractivity contribution in [1.82, 2.24) is 0 Å². The third kappa shape index (κ3) is 3.51. The number of amides is 1. The molecule has 0 aliphatic carbocycles. The van der Waals surface area contributed by atoms with Gasteiger partial charge < -0.3 is 5.32 Å². The normalized spacial score (nSPS) is 9.00. The maximum atomic E-state index is 11.2. The van der Waals surface area contributed by atoms with Crippen LogP contribution in [0.4, 0.5) is 5.69 Å². The summed E-state index contributed by atoms with van der Waals surface area (Å²) in [6.07, 6.45) is 5.40. The van der Waals surface area contributed by atoms with E-state index in [4.69, 9.17) is 6.42 Å². The van der Waals surface area contributed by atoms with Crippen LogP contribution >= 0.6 is 0 Å². The van der Waals surface area contributed by atoms with Gasteiger partial charge in [-0.1, -0.05) is 36.0 Å². The molecule has 0 aromatic heterocycles. The van der Waals surface area contributed by atoms with E-state index in [0.29, 0.717) is 11.3 Å². The van der Waals surface area contributed by atoms with Crippen LogP contribution in [0, 0.1) is 24.2 Å². The van der Waals surface area contributed by atoms with Crippen molar-refractivity contribution in [3.8, 4) is 24.2 Å². The zero-order valence-corrected chi connectivity index (χ0v) is 11.1. The van der Waals surface area contributed by atoms with Crippen molar-refractivity contribution < 1.29 is 4.79 Å². The molecule has 0 radical (unpaired) electrons. The number of carbonyl (C=O) groups excluding carboxylic acids is 1. The van der Waals surface area contributed by atoms with Crippen molar-refractivity contribution in [1.29, 1.82) is 0 Å². The summed E-state index contributed by atoms with van der Waals surface area (Å²) in [6, 6.07) is 15.1. The molecule has 1 amide bonds. The Morgan fingerprint density at radius 3 is 2.40 bits per heavy atom. The van der Waals surface area contributed by atoms with Crippen LogP contribution < -0.4 is 5.32 Å². The first-order valence-electron chi connectivity index (χ1n) is 6.14. The lowest BCUT2D eigenvalue weighted by Crippen LogP contribution is -2.07. The molecule has 0 aliphatic rings. The highest BCUT2D eigenvalue weighted by molar-refractivity contribution is 5.90. The Balaban J connectivity index is 2.33. The standard InChI is InChI=1S/C18H13NO/c1-3-17-12-11-16(13-18(17)19-14(2)20)10-9-15-7-5-4-6-8-15/h1,4-8,11-13H,2H3,(H,19,20). The number of nitrogens with one attached hydrogen (secondary N) is 1. The van der Waals surface area contributed by atoms with E-state index in [9.17, 15) is 4.79 Å². The maximum absolute atomic E-state index is 11.2. The van der Waals surface area contributed by atoms with Gasteiger partial charge in [0.05, 0.1) is 5.69 Å². The van der Waals surface area contributed by atoms with E-state index in [1.165, 1.54) is 6.92 Å². The Morgan fingerprint density at radius 1 is 1.05 bits per heavy atom. The van der Waals surface area contributed by atoms with Crippen LogP contribution in [0.1, 0.15) is 23.6 Å². The molecule has 2 aromatic rings. The van der Waals surface area contributed by atoms with Crippen molar-refractivity contribution in [2.45, 2.75) is 6.92 Å². The monoisotopic (exact) mass is 259 g/mol. The molecule has 0 aliphatic heterocycles. The van der Waals surface area contributed by atoms with Crippen molar-refractivity contribution in [3.63, 3.8) is 0 Å². The first kappa shape index (κ1) is 13.5. The van der Waals surface area contributed by atoms with E-state index in [-0.39, 0.29) is 5.91 Å². The molecule has 20 heavy (non-hydrogen) atoms. The van der Waals surface area contributed by atoms with Crippen LogP contribution in [0.2, 0.25) is 0 Å². The van der Waals surface area contributed by atoms with Gasteiger partial charge in [0.2, 0.25) is 5.91 Å². The number of hydrogen-bond acceptors (Lipinski definition) is 1. The van der Waals surface area contributed by atoms with Crippen LogP contribution in [-0.2, 0) is 4.79 Å². The summed E-state index contributed by atoms with van der Waals surface area (Å²) in [4.78, 5) is 11.2. The molecule has 2 heteroatoms. The molecular weight excluding hydrogens is 246 g/mol. The fourth-order valence-electron chi connectivity index (χ4n) is 1.71. The SMILES string of the molecule is C#Cc1ccc(C#Cc2ccccc2)cc1NC(C)=O. The lowest BCUT2D eigenvalue weighted by Gasteiger charge is -2.05. The number of terminal acetylenes is 1. The van der Waals surface area contributed by atoms with E-state index in [0.717, 1.165) is 11.1 Å². The average Bonchev–Trinajstić information content (AvgIpc) is 2.46. The lowest BCUT2D eigenvalue weighted by molar-refractivity contribution is -0.114. The summed E-state index contributed by atoms with van der Waals surface area (Å²) < 4.78 is 0. The molecule has 0 fully saturated rings. The first-order valence-corrected chi connectivity index (χ1v) is 6.14. The van der Waals surface area contributed by atoms with Gasteiger partial charge in [0.15, 0.2) is 0 Å². The highest BCUT2D eigenvalue weighted by atomic mass is 16.1. The fourth-order valence-corrected chi connectivity index (χ4v) is 1.71. The summed E-state index contributed by atoms with van der Waals surface area (Å²) in [6.45, 7) is 1.45. The van der Waals surface area contributed by atoms with E-state index in [1.807, 2.05) is 36.4 Å². The number of carbonyl (C=O) groups is 1. The van der Waals surface area contributed by atoms with E-state index in [1.54, 1.807) is 12.1 Å². The van der Waals surface area contributed by atoms with Gasteiger partial charge in [-0.2, -0.15) is 0 Å². The second kappa shape index (κ2) is 6.27. The molecule has 1 N–H and O–H groups in total. The average molecular weight is 259 g/mol. The number of anilines is 1. The highest BCUT2D eigenvalue weighted by Gasteiger charge is 2.02. The number of hydrogen-bond donors (Lipinski definition) is 1. The molecule has 0 saturated heterocycles. The first-order chi connectivity index (χ1) is 9.69. The van der Waals surface area contributed by atoms with Gasteiger partial charge in [-0.15, -0.1) is 6.42 Å². The minimum atomic E-state index is -0.158. The molecule has 0 heterocycles. The molecular formula is C18H13NO. The molecule has 2 nitrogen and oxygen atoms in total. The molecule has 0 unspecified atom stereocenters. The van der Waals surface area contributed by atoms with Crippen LogP contribution in [0.5, 0.6) is 0 Å². The van der Waals surface area contributed by atoms with Crippen LogP contribution in [0.15, 0.2) is 48.5 Å². The minimum Gasteiger partial charge on any atom is -0.325 e. The molecule has 0 spiro atoms. The summed E-state index contributed by atoms with van der Waals surface area (Å²) in [5, 5.41) is 2.71. The van der Waals surface area contributed by atoms with Gasteiger partial charge in [0.1, 0.15) is 0 Å². The molecule has 0 saturated carbocycles. The Bertz CT molecular complexity index is 727. The Morgan fingerprint density at radius 2 is 1.75 bits per heavy atom. The number of rotatable bonds is 1. The fraction of sp³-hybridized carbons (Fsp3) is 0.0556. The van der Waals surface area contributed by atoms with Crippen LogP contribution in [0.3, 0.4) is 0 Å². The number of benzene rings is 2. The van der Waals surface area contributed by atoms with Crippen molar-refractivity contribution in [2.75, 3.05) is 5.32 Å². The third-order valence-electron chi connectivity index (χ3n) is 2.61. The second-order valence-corrected chi connectivity index (χ2v) is 4.20. The quantitative estimate of drug-likeness (QED) is 0.784. The maximum Gasteiger partial charge on any atom is 0.221 e. The van der Waals surface area contributed by atoms with Crippen LogP contribution in [-0.4, -0.2) is 5.91 Å². The molecule has 0 bridgehead atoms. The van der Waals surface area contributed by atoms with Gasteiger partial charge >= 0.3 is 0 Å². The van der Waals surface area contributed by atoms with E-state index in [2.05, 4.69) is 23.1 Å². The topological polar surface area (TPSA) is 29.1 Å². The summed E-state index contributed by atoms with van der Waals surface area (Å²) in [5.41, 5.74) is 3.00. The highest BCUT2D eigenvalue weighted by Crippen LogP contribution is 2.16. The Kier molecular flexibility index (Phi) is 4.22. The Hall–Kier alpha value is -2.97. The van der Waals surface area contributed by atoms with E-state index >= 15 is 0 Å².